The third-order valence-electron chi connectivity index (χ3n) is 3.43. The molecule has 0 saturated carbocycles. The van der Waals surface area contributed by atoms with Crippen LogP contribution in [0, 0.1) is 0 Å². The second kappa shape index (κ2) is 6.70. The van der Waals surface area contributed by atoms with Crippen molar-refractivity contribution in [3.63, 3.8) is 0 Å². The van der Waals surface area contributed by atoms with Gasteiger partial charge in [0, 0.05) is 12.5 Å². The van der Waals surface area contributed by atoms with Gasteiger partial charge in [-0.25, -0.2) is 4.68 Å². The van der Waals surface area contributed by atoms with Crippen molar-refractivity contribution < 1.29 is 4.79 Å². The highest BCUT2D eigenvalue weighted by molar-refractivity contribution is 5.76. The van der Waals surface area contributed by atoms with E-state index in [0.29, 0.717) is 18.5 Å². The van der Waals surface area contributed by atoms with E-state index < -0.39 is 5.54 Å². The van der Waals surface area contributed by atoms with Gasteiger partial charge in [0.05, 0.1) is 17.4 Å². The quantitative estimate of drug-likeness (QED) is 0.851. The van der Waals surface area contributed by atoms with Gasteiger partial charge in [-0.2, -0.15) is 0 Å². The zero-order chi connectivity index (χ0) is 16.2. The molecule has 0 aliphatic carbocycles. The van der Waals surface area contributed by atoms with Crippen molar-refractivity contribution in [3.05, 3.63) is 42.2 Å². The number of amides is 1. The lowest BCUT2D eigenvalue weighted by Crippen LogP contribution is -2.41. The van der Waals surface area contributed by atoms with Crippen LogP contribution in [0.5, 0.6) is 0 Å². The molecule has 0 radical (unpaired) electrons. The van der Waals surface area contributed by atoms with Crippen molar-refractivity contribution in [2.24, 2.45) is 5.73 Å². The molecular formula is C16H23N5O. The predicted molar refractivity (Wildman–Crippen MR) is 85.4 cm³/mol. The number of carbonyl (C=O) groups is 1. The fourth-order valence-electron chi connectivity index (χ4n) is 2.09. The highest BCUT2D eigenvalue weighted by Crippen LogP contribution is 2.18. The van der Waals surface area contributed by atoms with Crippen molar-refractivity contribution in [2.45, 2.75) is 45.2 Å². The molecule has 1 heterocycles. The van der Waals surface area contributed by atoms with Crippen molar-refractivity contribution in [1.29, 1.82) is 0 Å². The summed E-state index contributed by atoms with van der Waals surface area (Å²) in [5.41, 5.74) is 6.74. The van der Waals surface area contributed by atoms with Gasteiger partial charge in [0.1, 0.15) is 5.69 Å². The Bertz CT molecular complexity index is 618. The summed E-state index contributed by atoms with van der Waals surface area (Å²) in [5, 5.41) is 11.3. The SMILES string of the molecule is CC(N)CCC(=O)NC(C)(C)c1cn(-c2ccccc2)nn1. The van der Waals surface area contributed by atoms with Crippen LogP contribution in [0.2, 0.25) is 0 Å². The smallest absolute Gasteiger partial charge is 0.220 e. The first-order chi connectivity index (χ1) is 10.4. The summed E-state index contributed by atoms with van der Waals surface area (Å²) in [6.45, 7) is 5.72. The van der Waals surface area contributed by atoms with E-state index >= 15 is 0 Å². The molecule has 118 valence electrons. The number of aromatic nitrogens is 3. The molecule has 1 aromatic carbocycles. The van der Waals surface area contributed by atoms with Gasteiger partial charge in [0.2, 0.25) is 5.91 Å². The molecule has 0 bridgehead atoms. The number of benzene rings is 1. The molecule has 6 nitrogen and oxygen atoms in total. The Balaban J connectivity index is 2.07. The number of hydrogen-bond donors (Lipinski definition) is 2. The number of nitrogens with one attached hydrogen (secondary N) is 1. The maximum atomic E-state index is 12.0. The van der Waals surface area contributed by atoms with Crippen LogP contribution in [0.3, 0.4) is 0 Å². The summed E-state index contributed by atoms with van der Waals surface area (Å²) >= 11 is 0. The first-order valence-corrected chi connectivity index (χ1v) is 7.43. The van der Waals surface area contributed by atoms with Gasteiger partial charge < -0.3 is 11.1 Å². The van der Waals surface area contributed by atoms with Crippen molar-refractivity contribution in [3.8, 4) is 5.69 Å². The lowest BCUT2D eigenvalue weighted by Gasteiger charge is -2.23. The minimum atomic E-state index is -0.581. The highest BCUT2D eigenvalue weighted by Gasteiger charge is 2.26. The molecule has 1 amide bonds. The molecule has 0 aliphatic rings. The van der Waals surface area contributed by atoms with Gasteiger partial charge in [0.25, 0.3) is 0 Å². The van der Waals surface area contributed by atoms with Crippen molar-refractivity contribution in [2.75, 3.05) is 0 Å². The first kappa shape index (κ1) is 16.2. The number of nitrogens with zero attached hydrogens (tertiary/aromatic N) is 3. The zero-order valence-corrected chi connectivity index (χ0v) is 13.3. The minimum Gasteiger partial charge on any atom is -0.345 e. The summed E-state index contributed by atoms with van der Waals surface area (Å²) in [6.07, 6.45) is 2.91. The average molecular weight is 301 g/mol. The first-order valence-electron chi connectivity index (χ1n) is 7.43. The molecule has 2 rings (SSSR count). The van der Waals surface area contributed by atoms with Gasteiger partial charge in [0.15, 0.2) is 0 Å². The summed E-state index contributed by atoms with van der Waals surface area (Å²) in [7, 11) is 0. The summed E-state index contributed by atoms with van der Waals surface area (Å²) in [5.74, 6) is -0.0310. The fourth-order valence-corrected chi connectivity index (χ4v) is 2.09. The lowest BCUT2D eigenvalue weighted by atomic mass is 10.0. The van der Waals surface area contributed by atoms with Crippen LogP contribution in [0.15, 0.2) is 36.5 Å². The lowest BCUT2D eigenvalue weighted by molar-refractivity contribution is -0.123. The molecule has 0 fully saturated rings. The third kappa shape index (κ3) is 4.14. The molecule has 1 unspecified atom stereocenters. The largest absolute Gasteiger partial charge is 0.345 e. The van der Waals surface area contributed by atoms with Gasteiger partial charge >= 0.3 is 0 Å². The van der Waals surface area contributed by atoms with Crippen LogP contribution in [-0.2, 0) is 10.3 Å². The molecule has 1 aromatic heterocycles. The Kier molecular flexibility index (Phi) is 4.92. The van der Waals surface area contributed by atoms with Gasteiger partial charge in [-0.05, 0) is 39.3 Å². The Morgan fingerprint density at radius 1 is 1.36 bits per heavy atom. The van der Waals surface area contributed by atoms with E-state index in [0.717, 1.165) is 5.69 Å². The second-order valence-electron chi connectivity index (χ2n) is 6.07. The second-order valence-corrected chi connectivity index (χ2v) is 6.07. The maximum absolute atomic E-state index is 12.0. The molecule has 3 N–H and O–H groups in total. The summed E-state index contributed by atoms with van der Waals surface area (Å²) < 4.78 is 1.70. The van der Waals surface area contributed by atoms with Crippen LogP contribution in [0.25, 0.3) is 5.69 Å². The highest BCUT2D eigenvalue weighted by atomic mass is 16.1. The van der Waals surface area contributed by atoms with E-state index in [4.69, 9.17) is 5.73 Å². The van der Waals surface area contributed by atoms with Crippen LogP contribution in [0.4, 0.5) is 0 Å². The number of hydrogen-bond acceptors (Lipinski definition) is 4. The predicted octanol–water partition coefficient (Wildman–Crippen LogP) is 1.75. The van der Waals surface area contributed by atoms with Gasteiger partial charge in [-0.3, -0.25) is 4.79 Å². The molecule has 2 aromatic rings. The fraction of sp³-hybridized carbons (Fsp3) is 0.438. The molecule has 0 saturated heterocycles. The summed E-state index contributed by atoms with van der Waals surface area (Å²) in [6, 6.07) is 9.76. The Hall–Kier alpha value is -2.21. The van der Waals surface area contributed by atoms with E-state index in [1.165, 1.54) is 0 Å². The normalized spacial score (nSPS) is 12.9. The van der Waals surface area contributed by atoms with E-state index in [-0.39, 0.29) is 11.9 Å². The van der Waals surface area contributed by atoms with E-state index in [1.807, 2.05) is 57.3 Å². The van der Waals surface area contributed by atoms with Crippen LogP contribution in [0.1, 0.15) is 39.3 Å². The molecule has 0 aliphatic heterocycles. The monoisotopic (exact) mass is 301 g/mol. The number of para-hydroxylation sites is 1. The third-order valence-corrected chi connectivity index (χ3v) is 3.43. The van der Waals surface area contributed by atoms with E-state index in [9.17, 15) is 4.79 Å². The molecular weight excluding hydrogens is 278 g/mol. The maximum Gasteiger partial charge on any atom is 0.220 e. The topological polar surface area (TPSA) is 85.8 Å². The van der Waals surface area contributed by atoms with Crippen LogP contribution < -0.4 is 11.1 Å². The zero-order valence-electron chi connectivity index (χ0n) is 13.3. The van der Waals surface area contributed by atoms with Gasteiger partial charge in [-0.15, -0.1) is 5.10 Å². The molecule has 22 heavy (non-hydrogen) atoms. The van der Waals surface area contributed by atoms with E-state index in [2.05, 4.69) is 15.6 Å². The average Bonchev–Trinajstić information content (AvgIpc) is 2.96. The number of carbonyl (C=O) groups excluding carboxylic acids is 1. The van der Waals surface area contributed by atoms with E-state index in [1.54, 1.807) is 4.68 Å². The standard InChI is InChI=1S/C16H23N5O/c1-12(17)9-10-15(22)18-16(2,3)14-11-21(20-19-14)13-7-5-4-6-8-13/h4-8,11-12H,9-10,17H2,1-3H3,(H,18,22). The number of rotatable bonds is 6. The minimum absolute atomic E-state index is 0.0211. The van der Waals surface area contributed by atoms with Gasteiger partial charge in [-0.1, -0.05) is 23.4 Å². The van der Waals surface area contributed by atoms with Crippen LogP contribution >= 0.6 is 0 Å². The number of nitrogens with two attached hydrogens (primary N) is 1. The Morgan fingerprint density at radius 2 is 2.05 bits per heavy atom. The molecule has 6 heteroatoms. The van der Waals surface area contributed by atoms with Crippen LogP contribution in [-0.4, -0.2) is 26.9 Å². The molecule has 1 atom stereocenters. The summed E-state index contributed by atoms with van der Waals surface area (Å²) in [4.78, 5) is 12.0. The Labute approximate surface area is 130 Å². The van der Waals surface area contributed by atoms with Crippen molar-refractivity contribution >= 4 is 5.91 Å². The Morgan fingerprint density at radius 3 is 2.68 bits per heavy atom. The van der Waals surface area contributed by atoms with Crippen molar-refractivity contribution in [1.82, 2.24) is 20.3 Å². The molecule has 0 spiro atoms.